The van der Waals surface area contributed by atoms with Gasteiger partial charge in [0.1, 0.15) is 5.78 Å². The maximum absolute atomic E-state index is 11.6. The van der Waals surface area contributed by atoms with Crippen molar-refractivity contribution in [3.05, 3.63) is 0 Å². The molecule has 1 aliphatic rings. The van der Waals surface area contributed by atoms with E-state index >= 15 is 0 Å². The Bertz CT molecular complexity index is 177. The Hall–Kier alpha value is -0.370. The van der Waals surface area contributed by atoms with Crippen LogP contribution >= 0.6 is 0 Å². The van der Waals surface area contributed by atoms with Crippen LogP contribution < -0.4 is 5.32 Å². The average molecular weight is 183 g/mol. The van der Waals surface area contributed by atoms with Crippen molar-refractivity contribution in [3.8, 4) is 0 Å². The summed E-state index contributed by atoms with van der Waals surface area (Å²) in [5, 5.41) is 3.30. The molecule has 76 valence electrons. The van der Waals surface area contributed by atoms with Crippen molar-refractivity contribution in [3.63, 3.8) is 0 Å². The summed E-state index contributed by atoms with van der Waals surface area (Å²) in [6.45, 7) is 8.42. The Kier molecular flexibility index (Phi) is 3.91. The number of piperidine rings is 1. The Morgan fingerprint density at radius 3 is 2.69 bits per heavy atom. The minimum Gasteiger partial charge on any atom is -0.316 e. The standard InChI is InChI=1S/C11H21NO/c1-8(2)6-9(3)10-7-12-5-4-11(10)13/h8-10,12H,4-7H2,1-3H3. The first kappa shape index (κ1) is 10.7. The molecule has 1 saturated heterocycles. The van der Waals surface area contributed by atoms with Gasteiger partial charge in [0.05, 0.1) is 0 Å². The third kappa shape index (κ3) is 3.11. The summed E-state index contributed by atoms with van der Waals surface area (Å²) in [5.74, 6) is 1.98. The van der Waals surface area contributed by atoms with E-state index in [1.54, 1.807) is 0 Å². The third-order valence-electron chi connectivity index (χ3n) is 2.86. The first-order valence-electron chi connectivity index (χ1n) is 5.34. The quantitative estimate of drug-likeness (QED) is 0.723. The van der Waals surface area contributed by atoms with Gasteiger partial charge in [-0.25, -0.2) is 0 Å². The molecule has 0 aromatic heterocycles. The highest BCUT2D eigenvalue weighted by molar-refractivity contribution is 5.82. The predicted octanol–water partition coefficient (Wildman–Crippen LogP) is 1.85. The van der Waals surface area contributed by atoms with Gasteiger partial charge >= 0.3 is 0 Å². The molecule has 13 heavy (non-hydrogen) atoms. The van der Waals surface area contributed by atoms with E-state index in [-0.39, 0.29) is 5.92 Å². The SMILES string of the molecule is CC(C)CC(C)C1CNCCC1=O. The van der Waals surface area contributed by atoms with Crippen molar-refractivity contribution in [1.82, 2.24) is 5.32 Å². The molecule has 0 spiro atoms. The van der Waals surface area contributed by atoms with Gasteiger partial charge in [-0.2, -0.15) is 0 Å². The van der Waals surface area contributed by atoms with Gasteiger partial charge in [0.15, 0.2) is 0 Å². The van der Waals surface area contributed by atoms with Crippen LogP contribution in [0.3, 0.4) is 0 Å². The highest BCUT2D eigenvalue weighted by Gasteiger charge is 2.27. The summed E-state index contributed by atoms with van der Waals surface area (Å²) in [6.07, 6.45) is 1.89. The normalized spacial score (nSPS) is 26.5. The molecule has 1 aliphatic heterocycles. The lowest BCUT2D eigenvalue weighted by Gasteiger charge is -2.28. The molecule has 1 heterocycles. The second kappa shape index (κ2) is 4.75. The molecule has 0 aromatic carbocycles. The molecule has 1 N–H and O–H groups in total. The van der Waals surface area contributed by atoms with Crippen LogP contribution in [-0.2, 0) is 4.79 Å². The molecule has 2 atom stereocenters. The fourth-order valence-corrected chi connectivity index (χ4v) is 2.19. The lowest BCUT2D eigenvalue weighted by Crippen LogP contribution is -2.40. The van der Waals surface area contributed by atoms with Crippen LogP contribution in [0.2, 0.25) is 0 Å². The summed E-state index contributed by atoms with van der Waals surface area (Å²) in [7, 11) is 0. The van der Waals surface area contributed by atoms with Gasteiger partial charge in [0.25, 0.3) is 0 Å². The fraction of sp³-hybridized carbons (Fsp3) is 0.909. The zero-order valence-electron chi connectivity index (χ0n) is 8.97. The van der Waals surface area contributed by atoms with Gasteiger partial charge in [-0.3, -0.25) is 4.79 Å². The van der Waals surface area contributed by atoms with Gasteiger partial charge in [0, 0.05) is 25.4 Å². The zero-order valence-corrected chi connectivity index (χ0v) is 8.97. The first-order chi connectivity index (χ1) is 6.11. The van der Waals surface area contributed by atoms with E-state index in [9.17, 15) is 4.79 Å². The Labute approximate surface area is 81.1 Å². The lowest BCUT2D eigenvalue weighted by molar-refractivity contribution is -0.125. The second-order valence-electron chi connectivity index (χ2n) is 4.63. The number of Topliss-reactive ketones (excluding diaryl/α,β-unsaturated/α-hetero) is 1. The van der Waals surface area contributed by atoms with Crippen LogP contribution in [0.15, 0.2) is 0 Å². The molecule has 0 aromatic rings. The number of carbonyl (C=O) groups excluding carboxylic acids is 1. The van der Waals surface area contributed by atoms with Gasteiger partial charge in [0.2, 0.25) is 0 Å². The fourth-order valence-electron chi connectivity index (χ4n) is 2.19. The number of carbonyl (C=O) groups is 1. The number of hydrogen-bond donors (Lipinski definition) is 1. The number of hydrogen-bond acceptors (Lipinski definition) is 2. The average Bonchev–Trinajstić information content (AvgIpc) is 2.03. The molecule has 1 rings (SSSR count). The van der Waals surface area contributed by atoms with E-state index < -0.39 is 0 Å². The minimum absolute atomic E-state index is 0.274. The molecule has 0 amide bonds. The molecule has 0 radical (unpaired) electrons. The molecular weight excluding hydrogens is 162 g/mol. The van der Waals surface area contributed by atoms with Crippen molar-refractivity contribution >= 4 is 5.78 Å². The molecule has 0 saturated carbocycles. The summed E-state index contributed by atoms with van der Waals surface area (Å²) in [6, 6.07) is 0. The van der Waals surface area contributed by atoms with E-state index in [1.807, 2.05) is 0 Å². The van der Waals surface area contributed by atoms with E-state index in [1.165, 1.54) is 0 Å². The molecule has 0 aliphatic carbocycles. The van der Waals surface area contributed by atoms with Crippen molar-refractivity contribution in [1.29, 1.82) is 0 Å². The molecule has 2 unspecified atom stereocenters. The largest absolute Gasteiger partial charge is 0.316 e. The lowest BCUT2D eigenvalue weighted by atomic mass is 9.82. The molecule has 2 nitrogen and oxygen atoms in total. The second-order valence-corrected chi connectivity index (χ2v) is 4.63. The van der Waals surface area contributed by atoms with Crippen molar-refractivity contribution in [2.45, 2.75) is 33.6 Å². The maximum Gasteiger partial charge on any atom is 0.138 e. The van der Waals surface area contributed by atoms with Crippen molar-refractivity contribution in [2.24, 2.45) is 17.8 Å². The Balaban J connectivity index is 2.43. The van der Waals surface area contributed by atoms with Gasteiger partial charge in [-0.05, 0) is 18.3 Å². The van der Waals surface area contributed by atoms with E-state index in [0.29, 0.717) is 17.6 Å². The van der Waals surface area contributed by atoms with Crippen LogP contribution in [0.1, 0.15) is 33.6 Å². The van der Waals surface area contributed by atoms with E-state index in [4.69, 9.17) is 0 Å². The summed E-state index contributed by atoms with van der Waals surface area (Å²) < 4.78 is 0. The number of ketones is 1. The minimum atomic E-state index is 0.274. The van der Waals surface area contributed by atoms with Gasteiger partial charge in [-0.15, -0.1) is 0 Å². The van der Waals surface area contributed by atoms with Gasteiger partial charge in [-0.1, -0.05) is 20.8 Å². The van der Waals surface area contributed by atoms with Crippen molar-refractivity contribution < 1.29 is 4.79 Å². The first-order valence-corrected chi connectivity index (χ1v) is 5.34. The zero-order chi connectivity index (χ0) is 9.84. The number of nitrogens with one attached hydrogen (secondary N) is 1. The molecule has 1 fully saturated rings. The summed E-state index contributed by atoms with van der Waals surface area (Å²) in [5.41, 5.74) is 0. The van der Waals surface area contributed by atoms with E-state index in [2.05, 4.69) is 26.1 Å². The Morgan fingerprint density at radius 1 is 1.46 bits per heavy atom. The highest BCUT2D eigenvalue weighted by atomic mass is 16.1. The third-order valence-corrected chi connectivity index (χ3v) is 2.86. The van der Waals surface area contributed by atoms with Crippen molar-refractivity contribution in [2.75, 3.05) is 13.1 Å². The molecule has 0 bridgehead atoms. The van der Waals surface area contributed by atoms with Crippen LogP contribution in [-0.4, -0.2) is 18.9 Å². The van der Waals surface area contributed by atoms with Gasteiger partial charge < -0.3 is 5.32 Å². The smallest absolute Gasteiger partial charge is 0.138 e. The maximum atomic E-state index is 11.6. The monoisotopic (exact) mass is 183 g/mol. The molecular formula is C11H21NO. The van der Waals surface area contributed by atoms with Crippen LogP contribution in [0, 0.1) is 17.8 Å². The summed E-state index contributed by atoms with van der Waals surface area (Å²) >= 11 is 0. The van der Waals surface area contributed by atoms with Crippen LogP contribution in [0.25, 0.3) is 0 Å². The highest BCUT2D eigenvalue weighted by Crippen LogP contribution is 2.23. The van der Waals surface area contributed by atoms with E-state index in [0.717, 1.165) is 25.9 Å². The predicted molar refractivity (Wildman–Crippen MR) is 54.6 cm³/mol. The summed E-state index contributed by atoms with van der Waals surface area (Å²) in [4.78, 5) is 11.6. The number of rotatable bonds is 3. The Morgan fingerprint density at radius 2 is 2.15 bits per heavy atom. The van der Waals surface area contributed by atoms with Crippen LogP contribution in [0.5, 0.6) is 0 Å². The molecule has 2 heteroatoms. The topological polar surface area (TPSA) is 29.1 Å². The van der Waals surface area contributed by atoms with Crippen LogP contribution in [0.4, 0.5) is 0 Å².